The number of benzene rings is 1. The Morgan fingerprint density at radius 1 is 1.22 bits per heavy atom. The highest BCUT2D eigenvalue weighted by molar-refractivity contribution is 7.99. The van der Waals surface area contributed by atoms with Crippen LogP contribution in [0.1, 0.15) is 30.8 Å². The number of rotatable bonds is 5. The van der Waals surface area contributed by atoms with Gasteiger partial charge in [-0.1, -0.05) is 26.0 Å². The van der Waals surface area contributed by atoms with Crippen molar-refractivity contribution in [2.45, 2.75) is 30.1 Å². The smallest absolute Gasteiger partial charge is 0.274 e. The molecular formula is C19H25N3O3S2. The Kier molecular flexibility index (Phi) is 5.98. The van der Waals surface area contributed by atoms with Crippen molar-refractivity contribution >= 4 is 33.4 Å². The van der Waals surface area contributed by atoms with Crippen molar-refractivity contribution in [2.24, 2.45) is 7.05 Å². The number of aromatic nitrogens is 1. The van der Waals surface area contributed by atoms with E-state index in [0.29, 0.717) is 25.3 Å². The van der Waals surface area contributed by atoms with Crippen molar-refractivity contribution in [2.75, 3.05) is 30.3 Å². The minimum absolute atomic E-state index is 0.162. The van der Waals surface area contributed by atoms with Crippen LogP contribution in [0.15, 0.2) is 46.3 Å². The third-order valence-corrected chi connectivity index (χ3v) is 7.89. The normalized spacial score (nSPS) is 14.9. The summed E-state index contributed by atoms with van der Waals surface area (Å²) < 4.78 is 28.6. The van der Waals surface area contributed by atoms with E-state index in [1.165, 1.54) is 16.6 Å². The summed E-state index contributed by atoms with van der Waals surface area (Å²) in [5.41, 5.74) is 1.27. The number of nitrogens with zero attached hydrogens (tertiary/aromatic N) is 3. The van der Waals surface area contributed by atoms with E-state index in [9.17, 15) is 13.2 Å². The number of para-hydroxylation sites is 1. The van der Waals surface area contributed by atoms with E-state index < -0.39 is 10.0 Å². The summed E-state index contributed by atoms with van der Waals surface area (Å²) in [4.78, 5) is 16.3. The van der Waals surface area contributed by atoms with Crippen LogP contribution in [0.3, 0.4) is 0 Å². The number of aryl methyl sites for hydroxylation is 1. The average molecular weight is 408 g/mol. The summed E-state index contributed by atoms with van der Waals surface area (Å²) >= 11 is 1.75. The molecule has 0 fully saturated rings. The molecule has 2 heterocycles. The Morgan fingerprint density at radius 3 is 2.63 bits per heavy atom. The molecule has 0 radical (unpaired) electrons. The number of amides is 1. The molecular weight excluding hydrogens is 382 g/mol. The lowest BCUT2D eigenvalue weighted by Crippen LogP contribution is -2.33. The number of hydrogen-bond donors (Lipinski definition) is 0. The molecule has 0 saturated carbocycles. The Labute approximate surface area is 165 Å². The van der Waals surface area contributed by atoms with Crippen molar-refractivity contribution in [1.29, 1.82) is 0 Å². The van der Waals surface area contributed by atoms with Crippen LogP contribution >= 0.6 is 11.8 Å². The van der Waals surface area contributed by atoms with Gasteiger partial charge in [0.25, 0.3) is 5.91 Å². The monoisotopic (exact) mass is 407 g/mol. The molecule has 0 saturated heterocycles. The molecule has 0 aliphatic carbocycles. The van der Waals surface area contributed by atoms with Gasteiger partial charge in [0.1, 0.15) is 10.6 Å². The maximum atomic E-state index is 13.3. The summed E-state index contributed by atoms with van der Waals surface area (Å²) in [6.07, 6.45) is 2.42. The van der Waals surface area contributed by atoms with Crippen LogP contribution in [0.4, 0.5) is 5.69 Å². The Hall–Kier alpha value is -1.77. The zero-order chi connectivity index (χ0) is 19.6. The zero-order valence-electron chi connectivity index (χ0n) is 15.9. The molecule has 1 aromatic carbocycles. The summed E-state index contributed by atoms with van der Waals surface area (Å²) in [6.45, 7) is 5.03. The number of anilines is 1. The lowest BCUT2D eigenvalue weighted by atomic mass is 10.2. The second-order valence-electron chi connectivity index (χ2n) is 6.39. The van der Waals surface area contributed by atoms with E-state index in [-0.39, 0.29) is 10.8 Å². The Balaban J connectivity index is 1.99. The molecule has 0 bridgehead atoms. The lowest BCUT2D eigenvalue weighted by Gasteiger charge is -2.22. The fourth-order valence-corrected chi connectivity index (χ4v) is 5.80. The second-order valence-corrected chi connectivity index (χ2v) is 9.46. The number of thioether (sulfide) groups is 1. The minimum Gasteiger partial charge on any atom is -0.345 e. The first-order chi connectivity index (χ1) is 12.9. The molecule has 1 aromatic heterocycles. The Morgan fingerprint density at radius 2 is 1.93 bits per heavy atom. The third kappa shape index (κ3) is 3.79. The predicted octanol–water partition coefficient (Wildman–Crippen LogP) is 3.20. The van der Waals surface area contributed by atoms with Crippen molar-refractivity contribution < 1.29 is 13.2 Å². The molecule has 0 N–H and O–H groups in total. The predicted molar refractivity (Wildman–Crippen MR) is 109 cm³/mol. The van der Waals surface area contributed by atoms with E-state index in [1.54, 1.807) is 28.3 Å². The molecule has 2 aromatic rings. The van der Waals surface area contributed by atoms with Crippen molar-refractivity contribution in [3.8, 4) is 0 Å². The van der Waals surface area contributed by atoms with E-state index in [1.807, 2.05) is 38.1 Å². The molecule has 27 heavy (non-hydrogen) atoms. The van der Waals surface area contributed by atoms with E-state index >= 15 is 0 Å². The summed E-state index contributed by atoms with van der Waals surface area (Å²) in [5.74, 6) is 0.781. The van der Waals surface area contributed by atoms with E-state index in [2.05, 4.69) is 0 Å². The highest BCUT2D eigenvalue weighted by Crippen LogP contribution is 2.34. The number of sulfonamides is 1. The van der Waals surface area contributed by atoms with Crippen LogP contribution in [-0.4, -0.2) is 48.6 Å². The largest absolute Gasteiger partial charge is 0.345 e. The van der Waals surface area contributed by atoms with Gasteiger partial charge in [-0.2, -0.15) is 4.31 Å². The van der Waals surface area contributed by atoms with E-state index in [4.69, 9.17) is 0 Å². The first-order valence-electron chi connectivity index (χ1n) is 9.10. The van der Waals surface area contributed by atoms with E-state index in [0.717, 1.165) is 22.8 Å². The maximum absolute atomic E-state index is 13.3. The van der Waals surface area contributed by atoms with Gasteiger partial charge in [-0.15, -0.1) is 11.8 Å². The van der Waals surface area contributed by atoms with Gasteiger partial charge in [-0.25, -0.2) is 8.42 Å². The first kappa shape index (κ1) is 20.0. The average Bonchev–Trinajstić information content (AvgIpc) is 2.92. The van der Waals surface area contributed by atoms with Gasteiger partial charge in [0, 0.05) is 37.8 Å². The maximum Gasteiger partial charge on any atom is 0.274 e. The first-order valence-corrected chi connectivity index (χ1v) is 11.5. The van der Waals surface area contributed by atoms with Gasteiger partial charge in [0.15, 0.2) is 0 Å². The van der Waals surface area contributed by atoms with Crippen LogP contribution < -0.4 is 4.90 Å². The fourth-order valence-electron chi connectivity index (χ4n) is 3.28. The molecule has 1 aliphatic heterocycles. The number of hydrogen-bond acceptors (Lipinski definition) is 4. The fraction of sp³-hybridized carbons (Fsp3) is 0.421. The van der Waals surface area contributed by atoms with Crippen LogP contribution in [0.5, 0.6) is 0 Å². The quantitative estimate of drug-likeness (QED) is 0.764. The topological polar surface area (TPSA) is 62.6 Å². The molecule has 6 nitrogen and oxygen atoms in total. The lowest BCUT2D eigenvalue weighted by molar-refractivity contribution is 0.0979. The summed E-state index contributed by atoms with van der Waals surface area (Å²) in [5, 5.41) is 0. The molecule has 146 valence electrons. The molecule has 1 aliphatic rings. The van der Waals surface area contributed by atoms with Gasteiger partial charge in [-0.05, 0) is 30.4 Å². The number of fused-ring (bicyclic) bond motifs is 1. The van der Waals surface area contributed by atoms with Crippen LogP contribution in [-0.2, 0) is 17.1 Å². The van der Waals surface area contributed by atoms with Crippen LogP contribution in [0, 0.1) is 0 Å². The zero-order valence-corrected chi connectivity index (χ0v) is 17.5. The van der Waals surface area contributed by atoms with Crippen LogP contribution in [0.2, 0.25) is 0 Å². The number of carbonyl (C=O) groups is 1. The standard InChI is InChI=1S/C19H25N3O3S2/c1-4-21(5-2)27(24,25)15-13-17(20(3)14-15)19(23)22-11-8-12-26-18-10-7-6-9-16(18)22/h6-7,9-10,13-14H,4-5,8,11-12H2,1-3H3. The van der Waals surface area contributed by atoms with Gasteiger partial charge >= 0.3 is 0 Å². The van der Waals surface area contributed by atoms with Gasteiger partial charge in [-0.3, -0.25) is 4.79 Å². The number of carbonyl (C=O) groups excluding carboxylic acids is 1. The SMILES string of the molecule is CCN(CC)S(=O)(=O)c1cc(C(=O)N2CCCSc3ccccc32)n(C)c1. The highest BCUT2D eigenvalue weighted by Gasteiger charge is 2.28. The van der Waals surface area contributed by atoms with Crippen molar-refractivity contribution in [1.82, 2.24) is 8.87 Å². The summed E-state index contributed by atoms with van der Waals surface area (Å²) in [7, 11) is -1.88. The molecule has 1 amide bonds. The van der Waals surface area contributed by atoms with Crippen molar-refractivity contribution in [3.05, 3.63) is 42.2 Å². The van der Waals surface area contributed by atoms with Gasteiger partial charge in [0.05, 0.1) is 5.69 Å². The van der Waals surface area contributed by atoms with Crippen molar-refractivity contribution in [3.63, 3.8) is 0 Å². The van der Waals surface area contributed by atoms with Crippen LogP contribution in [0.25, 0.3) is 0 Å². The highest BCUT2D eigenvalue weighted by atomic mass is 32.2. The van der Waals surface area contributed by atoms with Gasteiger partial charge in [0.2, 0.25) is 10.0 Å². The second kappa shape index (κ2) is 8.08. The Bertz CT molecular complexity index is 933. The molecule has 0 spiro atoms. The molecule has 0 atom stereocenters. The van der Waals surface area contributed by atoms with Gasteiger partial charge < -0.3 is 9.47 Å². The molecule has 3 rings (SSSR count). The molecule has 0 unspecified atom stereocenters. The minimum atomic E-state index is -3.60. The molecule has 8 heteroatoms. The summed E-state index contributed by atoms with van der Waals surface area (Å²) in [6, 6.07) is 9.36. The third-order valence-electron chi connectivity index (χ3n) is 4.73.